The SMILES string of the molecule is CC(C)CCN1/C(=C\C=C2\SC(=S)N(CC(=O)Cc3ccc4c(c3)C(C)(C)C(/C=C/C=C3/N(CCC(=O)O)c5ccc6ccccc6c5C3(C)C)N4CCC(=O)O)C2=O)C(C)(C)c2ccccc21. The number of hydrogen-bond acceptors (Lipinski definition) is 9. The van der Waals surface area contributed by atoms with Crippen LogP contribution in [0.15, 0.2) is 126 Å². The molecule has 4 heterocycles. The van der Waals surface area contributed by atoms with Gasteiger partial charge in [0, 0.05) is 70.8 Å². The van der Waals surface area contributed by atoms with E-state index >= 15 is 0 Å². The van der Waals surface area contributed by atoms with E-state index in [4.69, 9.17) is 12.2 Å². The van der Waals surface area contributed by atoms with Gasteiger partial charge in [-0.25, -0.2) is 0 Å². The second kappa shape index (κ2) is 18.8. The molecule has 0 spiro atoms. The molecule has 1 fully saturated rings. The Balaban J connectivity index is 1.01. The fourth-order valence-electron chi connectivity index (χ4n) is 10.7. The summed E-state index contributed by atoms with van der Waals surface area (Å²) in [5.74, 6) is -1.64. The van der Waals surface area contributed by atoms with Crippen molar-refractivity contribution in [2.75, 3.05) is 40.9 Å². The number of ketones is 1. The molecular weight excluding hydrogens is 889 g/mol. The molecule has 0 aliphatic carbocycles. The van der Waals surface area contributed by atoms with Crippen LogP contribution in [0.2, 0.25) is 0 Å². The van der Waals surface area contributed by atoms with Gasteiger partial charge in [0.1, 0.15) is 4.32 Å². The van der Waals surface area contributed by atoms with Gasteiger partial charge in [0.05, 0.1) is 30.3 Å². The topological polar surface area (TPSA) is 122 Å². The van der Waals surface area contributed by atoms with Gasteiger partial charge in [-0.1, -0.05) is 152 Å². The van der Waals surface area contributed by atoms with Crippen LogP contribution in [0.3, 0.4) is 0 Å². The molecule has 0 radical (unpaired) electrons. The molecule has 4 aliphatic rings. The number of carboxylic acid groups (broad SMARTS) is 2. The van der Waals surface area contributed by atoms with E-state index < -0.39 is 22.8 Å². The lowest BCUT2D eigenvalue weighted by Gasteiger charge is -2.32. The largest absolute Gasteiger partial charge is 0.481 e. The Morgan fingerprint density at radius 2 is 1.40 bits per heavy atom. The van der Waals surface area contributed by atoms with Crippen LogP contribution in [-0.4, -0.2) is 75.3 Å². The van der Waals surface area contributed by atoms with Crippen LogP contribution in [-0.2, 0) is 41.8 Å². The first-order valence-electron chi connectivity index (χ1n) is 23.6. The molecule has 2 N–H and O–H groups in total. The number of carbonyl (C=O) groups is 4. The van der Waals surface area contributed by atoms with Crippen LogP contribution in [0.25, 0.3) is 10.8 Å². The number of carboxylic acids is 2. The highest BCUT2D eigenvalue weighted by Crippen LogP contribution is 2.52. The lowest BCUT2D eigenvalue weighted by Crippen LogP contribution is -2.41. The minimum absolute atomic E-state index is 0.0229. The molecule has 1 atom stereocenters. The van der Waals surface area contributed by atoms with Crippen LogP contribution in [0.5, 0.6) is 0 Å². The fourth-order valence-corrected chi connectivity index (χ4v) is 11.9. The standard InChI is InChI=1S/C56H62N4O6S2/c1-35(2)26-29-57-42-17-12-11-16-40(42)54(3,4)48(57)25-24-45-52(66)60(53(67)68-45)34-38(61)32-36-20-22-43-41(33-36)55(5,6)46(58(43)30-27-49(62)63)18-13-19-47-56(7,8)51-39-15-10-9-14-37(39)21-23-44(51)59(47)31-28-50(64)65/h9-25,33,35,46H,26-32,34H2,1-8H3,(H,62,63)(H,64,65)/b18-13+,45-24+,47-19+,48-25-. The van der Waals surface area contributed by atoms with Gasteiger partial charge in [-0.2, -0.15) is 0 Å². The minimum Gasteiger partial charge on any atom is -0.481 e. The summed E-state index contributed by atoms with van der Waals surface area (Å²) < 4.78 is 0.357. The maximum atomic E-state index is 13.9. The summed E-state index contributed by atoms with van der Waals surface area (Å²) in [7, 11) is 0. The van der Waals surface area contributed by atoms with E-state index in [0.29, 0.717) is 21.7 Å². The van der Waals surface area contributed by atoms with Gasteiger partial charge < -0.3 is 24.9 Å². The smallest absolute Gasteiger partial charge is 0.305 e. The maximum absolute atomic E-state index is 13.9. The Kier molecular flexibility index (Phi) is 13.4. The first-order chi connectivity index (χ1) is 32.2. The number of carbonyl (C=O) groups excluding carboxylic acids is 2. The molecule has 1 unspecified atom stereocenters. The van der Waals surface area contributed by atoms with Crippen molar-refractivity contribution in [3.63, 3.8) is 0 Å². The van der Waals surface area contributed by atoms with Gasteiger partial charge in [0.25, 0.3) is 5.91 Å². The van der Waals surface area contributed by atoms with E-state index in [2.05, 4.69) is 131 Å². The summed E-state index contributed by atoms with van der Waals surface area (Å²) in [6.07, 6.45) is 11.2. The Morgan fingerprint density at radius 1 is 0.735 bits per heavy atom. The predicted molar refractivity (Wildman–Crippen MR) is 280 cm³/mol. The summed E-state index contributed by atoms with van der Waals surface area (Å²) in [5, 5.41) is 21.8. The first-order valence-corrected chi connectivity index (χ1v) is 24.8. The third-order valence-corrected chi connectivity index (χ3v) is 15.7. The Morgan fingerprint density at radius 3 is 2.13 bits per heavy atom. The van der Waals surface area contributed by atoms with Gasteiger partial charge in [-0.05, 0) is 81.8 Å². The molecule has 1 saturated heterocycles. The molecule has 0 saturated carbocycles. The van der Waals surface area contributed by atoms with Crippen LogP contribution in [0.1, 0.15) is 96.9 Å². The van der Waals surface area contributed by atoms with Crippen molar-refractivity contribution in [3.8, 4) is 0 Å². The van der Waals surface area contributed by atoms with Gasteiger partial charge in [0.2, 0.25) is 0 Å². The second-order valence-electron chi connectivity index (χ2n) is 20.4. The summed E-state index contributed by atoms with van der Waals surface area (Å²) in [6.45, 7) is 18.8. The third kappa shape index (κ3) is 9.05. The Bertz CT molecular complexity index is 2850. The van der Waals surface area contributed by atoms with Gasteiger partial charge in [-0.3, -0.25) is 24.1 Å². The van der Waals surface area contributed by atoms with Gasteiger partial charge in [-0.15, -0.1) is 0 Å². The first kappa shape index (κ1) is 48.5. The average Bonchev–Trinajstić information content (AvgIpc) is 3.85. The molecular formula is C56H62N4O6S2. The minimum atomic E-state index is -0.895. The molecule has 4 aromatic rings. The monoisotopic (exact) mass is 950 g/mol. The van der Waals surface area contributed by atoms with E-state index in [-0.39, 0.29) is 55.5 Å². The molecule has 68 heavy (non-hydrogen) atoms. The number of fused-ring (bicyclic) bond motifs is 5. The maximum Gasteiger partial charge on any atom is 0.305 e. The number of nitrogens with zero attached hydrogens (tertiary/aromatic N) is 4. The van der Waals surface area contributed by atoms with Crippen molar-refractivity contribution >= 4 is 79.8 Å². The number of Topliss-reactive ketones (excluding diaryl/α,β-unsaturated/α-hetero) is 1. The summed E-state index contributed by atoms with van der Waals surface area (Å²) >= 11 is 6.92. The zero-order valence-corrected chi connectivity index (χ0v) is 42.0. The number of rotatable bonds is 16. The average molecular weight is 951 g/mol. The highest BCUT2D eigenvalue weighted by atomic mass is 32.2. The second-order valence-corrected chi connectivity index (χ2v) is 22.1. The quantitative estimate of drug-likeness (QED) is 0.0825. The number of hydrogen-bond donors (Lipinski definition) is 2. The van der Waals surface area contributed by atoms with Crippen LogP contribution in [0, 0.1) is 5.92 Å². The summed E-state index contributed by atoms with van der Waals surface area (Å²) in [5.41, 5.74) is 8.20. The number of benzene rings is 4. The highest BCUT2D eigenvalue weighted by molar-refractivity contribution is 8.26. The number of anilines is 3. The van der Waals surface area contributed by atoms with Gasteiger partial charge in [0.15, 0.2) is 5.78 Å². The molecule has 1 amide bonds. The molecule has 0 aromatic heterocycles. The molecule has 4 aromatic carbocycles. The van der Waals surface area contributed by atoms with E-state index in [1.54, 1.807) is 0 Å². The van der Waals surface area contributed by atoms with E-state index in [1.165, 1.54) is 27.9 Å². The lowest BCUT2D eigenvalue weighted by molar-refractivity contribution is -0.137. The highest BCUT2D eigenvalue weighted by Gasteiger charge is 2.45. The molecule has 4 aliphatic heterocycles. The number of aliphatic carboxylic acids is 2. The zero-order valence-electron chi connectivity index (χ0n) is 40.3. The van der Waals surface area contributed by atoms with Crippen LogP contribution < -0.4 is 14.7 Å². The third-order valence-electron chi connectivity index (χ3n) is 14.3. The summed E-state index contributed by atoms with van der Waals surface area (Å²) in [6, 6.07) is 26.6. The van der Waals surface area contributed by atoms with Crippen LogP contribution >= 0.6 is 24.0 Å². The number of allylic oxidation sites excluding steroid dienone is 6. The van der Waals surface area contributed by atoms with Crippen molar-refractivity contribution in [3.05, 3.63) is 148 Å². The molecule has 0 bridgehead atoms. The van der Waals surface area contributed by atoms with E-state index in [9.17, 15) is 29.4 Å². The Hall–Kier alpha value is -5.98. The fraction of sp³-hybridized carbons (Fsp3) is 0.375. The number of para-hydroxylation sites is 1. The lowest BCUT2D eigenvalue weighted by atomic mass is 9.79. The van der Waals surface area contributed by atoms with Crippen molar-refractivity contribution in [2.24, 2.45) is 5.92 Å². The van der Waals surface area contributed by atoms with Crippen molar-refractivity contribution in [2.45, 2.75) is 103 Å². The molecule has 12 heteroatoms. The van der Waals surface area contributed by atoms with E-state index in [0.717, 1.165) is 63.2 Å². The molecule has 10 nitrogen and oxygen atoms in total. The number of thioether (sulfide) groups is 1. The van der Waals surface area contributed by atoms with Crippen molar-refractivity contribution < 1.29 is 29.4 Å². The van der Waals surface area contributed by atoms with Crippen molar-refractivity contribution in [1.29, 1.82) is 0 Å². The van der Waals surface area contributed by atoms with Crippen molar-refractivity contribution in [1.82, 2.24) is 4.90 Å². The van der Waals surface area contributed by atoms with E-state index in [1.807, 2.05) is 48.6 Å². The van der Waals surface area contributed by atoms with Gasteiger partial charge >= 0.3 is 11.9 Å². The number of amides is 1. The predicted octanol–water partition coefficient (Wildman–Crippen LogP) is 11.1. The van der Waals surface area contributed by atoms with Crippen LogP contribution in [0.4, 0.5) is 17.1 Å². The normalized spacial score (nSPS) is 20.8. The Labute approximate surface area is 410 Å². The zero-order chi connectivity index (χ0) is 48.9. The number of thiocarbonyl (C=S) groups is 1. The molecule has 354 valence electrons. The molecule has 8 rings (SSSR count). The summed E-state index contributed by atoms with van der Waals surface area (Å²) in [4.78, 5) is 60.0.